The Labute approximate surface area is 183 Å². The molecule has 3 heterocycles. The lowest BCUT2D eigenvalue weighted by Gasteiger charge is -2.20. The number of nitrogens with one attached hydrogen (secondary N) is 2. The van der Waals surface area contributed by atoms with Crippen molar-refractivity contribution in [1.82, 2.24) is 14.8 Å². The zero-order valence-electron chi connectivity index (χ0n) is 17.3. The first-order chi connectivity index (χ1) is 15.4. The van der Waals surface area contributed by atoms with Gasteiger partial charge in [0.15, 0.2) is 0 Å². The zero-order valence-corrected chi connectivity index (χ0v) is 17.3. The van der Waals surface area contributed by atoms with Crippen LogP contribution in [0.5, 0.6) is 0 Å². The van der Waals surface area contributed by atoms with Gasteiger partial charge < -0.3 is 20.1 Å². The normalized spacial score (nSPS) is 19.8. The number of hydrogen-bond acceptors (Lipinski definition) is 3. The highest BCUT2D eigenvalue weighted by Crippen LogP contribution is 2.33. The molecule has 1 aromatic heterocycles. The maximum absolute atomic E-state index is 14.3. The average Bonchev–Trinajstić information content (AvgIpc) is 3.38. The van der Waals surface area contributed by atoms with Gasteiger partial charge in [-0.05, 0) is 42.3 Å². The summed E-state index contributed by atoms with van der Waals surface area (Å²) < 4.78 is 16.0. The van der Waals surface area contributed by atoms with Crippen LogP contribution in [0.25, 0.3) is 11.1 Å². The Morgan fingerprint density at radius 2 is 1.91 bits per heavy atom. The van der Waals surface area contributed by atoms with Crippen LogP contribution >= 0.6 is 0 Å². The topological polar surface area (TPSA) is 83.4 Å². The first-order valence-electron chi connectivity index (χ1n) is 10.4. The van der Waals surface area contributed by atoms with Gasteiger partial charge in [0.25, 0.3) is 11.8 Å². The summed E-state index contributed by atoms with van der Waals surface area (Å²) in [4.78, 5) is 40.3. The summed E-state index contributed by atoms with van der Waals surface area (Å²) in [5.74, 6) is -1.26. The van der Waals surface area contributed by atoms with Gasteiger partial charge in [0, 0.05) is 31.4 Å². The summed E-state index contributed by atoms with van der Waals surface area (Å²) in [6.45, 7) is 0.219. The zero-order chi connectivity index (χ0) is 22.4. The van der Waals surface area contributed by atoms with E-state index in [2.05, 4.69) is 10.6 Å². The number of benzene rings is 2. The molecule has 7 nitrogen and oxygen atoms in total. The van der Waals surface area contributed by atoms with Crippen molar-refractivity contribution in [3.05, 3.63) is 77.9 Å². The summed E-state index contributed by atoms with van der Waals surface area (Å²) in [6.07, 6.45) is 2.10. The monoisotopic (exact) mass is 432 g/mol. The molecule has 32 heavy (non-hydrogen) atoms. The van der Waals surface area contributed by atoms with Crippen molar-refractivity contribution in [3.63, 3.8) is 0 Å². The maximum atomic E-state index is 14.3. The molecule has 2 unspecified atom stereocenters. The molecule has 8 heteroatoms. The molecule has 2 N–H and O–H groups in total. The quantitative estimate of drug-likeness (QED) is 0.668. The van der Waals surface area contributed by atoms with Crippen LogP contribution in [0.3, 0.4) is 0 Å². The first-order valence-corrected chi connectivity index (χ1v) is 10.4. The SMILES string of the molecule is Cn1cccc1C(=O)NC1CC2C(=O)Nc3ccc(-c4ccccc4F)cc3C(=O)N2C1. The highest BCUT2D eigenvalue weighted by Gasteiger charge is 2.43. The molecular formula is C24H21FN4O3. The largest absolute Gasteiger partial charge is 0.347 e. The number of amides is 3. The molecule has 0 radical (unpaired) electrons. The van der Waals surface area contributed by atoms with E-state index < -0.39 is 6.04 Å². The predicted octanol–water partition coefficient (Wildman–Crippen LogP) is 2.80. The van der Waals surface area contributed by atoms with Crippen LogP contribution in [0.15, 0.2) is 60.8 Å². The van der Waals surface area contributed by atoms with Gasteiger partial charge >= 0.3 is 0 Å². The van der Waals surface area contributed by atoms with Crippen molar-refractivity contribution in [2.75, 3.05) is 11.9 Å². The number of rotatable bonds is 3. The number of halogens is 1. The highest BCUT2D eigenvalue weighted by molar-refractivity contribution is 6.11. The second-order valence-corrected chi connectivity index (χ2v) is 8.11. The third kappa shape index (κ3) is 3.33. The number of carbonyl (C=O) groups is 3. The van der Waals surface area contributed by atoms with Crippen LogP contribution < -0.4 is 10.6 Å². The maximum Gasteiger partial charge on any atom is 0.268 e. The van der Waals surface area contributed by atoms with Gasteiger partial charge in [-0.15, -0.1) is 0 Å². The van der Waals surface area contributed by atoms with Gasteiger partial charge in [-0.1, -0.05) is 24.3 Å². The summed E-state index contributed by atoms with van der Waals surface area (Å²) >= 11 is 0. The summed E-state index contributed by atoms with van der Waals surface area (Å²) in [5, 5.41) is 5.74. The molecule has 162 valence electrons. The van der Waals surface area contributed by atoms with E-state index >= 15 is 0 Å². The summed E-state index contributed by atoms with van der Waals surface area (Å²) in [6, 6.07) is 13.7. The average molecular weight is 432 g/mol. The van der Waals surface area contributed by atoms with Crippen LogP contribution in [0.4, 0.5) is 10.1 Å². The molecule has 0 spiro atoms. The molecule has 5 rings (SSSR count). The molecule has 2 aliphatic rings. The molecule has 2 aliphatic heterocycles. The Balaban J connectivity index is 1.42. The number of hydrogen-bond donors (Lipinski definition) is 2. The van der Waals surface area contributed by atoms with Gasteiger partial charge in [0.2, 0.25) is 5.91 Å². The second-order valence-electron chi connectivity index (χ2n) is 8.11. The molecule has 2 atom stereocenters. The van der Waals surface area contributed by atoms with Gasteiger partial charge in [-0.25, -0.2) is 4.39 Å². The van der Waals surface area contributed by atoms with Crippen molar-refractivity contribution >= 4 is 23.4 Å². The van der Waals surface area contributed by atoms with E-state index in [0.717, 1.165) is 0 Å². The van der Waals surface area contributed by atoms with Crippen molar-refractivity contribution in [3.8, 4) is 11.1 Å². The lowest BCUT2D eigenvalue weighted by Crippen LogP contribution is -2.41. The van der Waals surface area contributed by atoms with Crippen LogP contribution in [-0.4, -0.2) is 45.8 Å². The Morgan fingerprint density at radius 1 is 1.09 bits per heavy atom. The van der Waals surface area contributed by atoms with Crippen LogP contribution in [0.1, 0.15) is 27.3 Å². The third-order valence-electron chi connectivity index (χ3n) is 6.07. The lowest BCUT2D eigenvalue weighted by molar-refractivity contribution is -0.119. The van der Waals surface area contributed by atoms with Crippen molar-refractivity contribution in [2.24, 2.45) is 7.05 Å². The van der Waals surface area contributed by atoms with E-state index in [4.69, 9.17) is 0 Å². The third-order valence-corrected chi connectivity index (χ3v) is 6.07. The van der Waals surface area contributed by atoms with Crippen molar-refractivity contribution < 1.29 is 18.8 Å². The van der Waals surface area contributed by atoms with Crippen LogP contribution in [0, 0.1) is 5.82 Å². The fourth-order valence-corrected chi connectivity index (χ4v) is 4.43. The second kappa shape index (κ2) is 7.64. The minimum absolute atomic E-state index is 0.219. The molecule has 3 amide bonds. The van der Waals surface area contributed by atoms with Crippen molar-refractivity contribution in [1.29, 1.82) is 0 Å². The molecule has 0 aliphatic carbocycles. The summed E-state index contributed by atoms with van der Waals surface area (Å²) in [5.41, 5.74) is 2.14. The van der Waals surface area contributed by atoms with Gasteiger partial charge in [-0.2, -0.15) is 0 Å². The smallest absolute Gasteiger partial charge is 0.268 e. The number of fused-ring (bicyclic) bond motifs is 2. The minimum Gasteiger partial charge on any atom is -0.347 e. The van der Waals surface area contributed by atoms with Crippen molar-refractivity contribution in [2.45, 2.75) is 18.5 Å². The molecule has 1 fully saturated rings. The predicted molar refractivity (Wildman–Crippen MR) is 117 cm³/mol. The lowest BCUT2D eigenvalue weighted by atomic mass is 10.0. The number of carbonyl (C=O) groups excluding carboxylic acids is 3. The Morgan fingerprint density at radius 3 is 2.66 bits per heavy atom. The van der Waals surface area contributed by atoms with Gasteiger partial charge in [0.05, 0.1) is 11.3 Å². The molecule has 2 aromatic carbocycles. The molecular weight excluding hydrogens is 411 g/mol. The van der Waals surface area contributed by atoms with E-state index in [0.29, 0.717) is 34.5 Å². The fourth-order valence-electron chi connectivity index (χ4n) is 4.43. The molecule has 0 saturated carbocycles. The van der Waals surface area contributed by atoms with Gasteiger partial charge in [-0.3, -0.25) is 14.4 Å². The van der Waals surface area contributed by atoms with E-state index in [9.17, 15) is 18.8 Å². The number of aromatic nitrogens is 1. The number of nitrogens with zero attached hydrogens (tertiary/aromatic N) is 2. The van der Waals surface area contributed by atoms with E-state index in [-0.39, 0.29) is 36.1 Å². The van der Waals surface area contributed by atoms with E-state index in [1.165, 1.54) is 11.0 Å². The van der Waals surface area contributed by atoms with Crippen LogP contribution in [-0.2, 0) is 11.8 Å². The molecule has 0 bridgehead atoms. The van der Waals surface area contributed by atoms with Gasteiger partial charge in [0.1, 0.15) is 17.6 Å². The number of aryl methyl sites for hydroxylation is 1. The van der Waals surface area contributed by atoms with Crippen LogP contribution in [0.2, 0.25) is 0 Å². The fraction of sp³-hybridized carbons (Fsp3) is 0.208. The minimum atomic E-state index is -0.689. The Hall–Kier alpha value is -3.94. The Kier molecular flexibility index (Phi) is 4.77. The van der Waals surface area contributed by atoms with E-state index in [1.54, 1.807) is 66.3 Å². The standard InChI is InChI=1S/C24H21FN4O3/c1-28-10-4-7-20(28)22(30)26-15-12-21-23(31)27-19-9-8-14(16-5-2-3-6-18(16)25)11-17(19)24(32)29(21)13-15/h2-11,15,21H,12-13H2,1H3,(H,26,30)(H,27,31). The molecule has 3 aromatic rings. The number of anilines is 1. The Bertz CT molecular complexity index is 1250. The van der Waals surface area contributed by atoms with E-state index in [1.807, 2.05) is 0 Å². The summed E-state index contributed by atoms with van der Waals surface area (Å²) in [7, 11) is 1.78. The highest BCUT2D eigenvalue weighted by atomic mass is 19.1. The first kappa shape index (κ1) is 20.0. The molecule has 1 saturated heterocycles.